The highest BCUT2D eigenvalue weighted by Crippen LogP contribution is 2.16. The Labute approximate surface area is 147 Å². The number of benzene rings is 1. The maximum absolute atomic E-state index is 12.1. The molecule has 11 heteroatoms. The van der Waals surface area contributed by atoms with E-state index < -0.39 is 23.8 Å². The Hall–Kier alpha value is -3.89. The second kappa shape index (κ2) is 8.28. The number of hydrogen-bond acceptors (Lipinski definition) is 5. The van der Waals surface area contributed by atoms with Gasteiger partial charge in [0.1, 0.15) is 5.69 Å². The predicted octanol–water partition coefficient (Wildman–Crippen LogP) is -0.242. The summed E-state index contributed by atoms with van der Waals surface area (Å²) in [4.78, 5) is 45.4. The highest BCUT2D eigenvalue weighted by atomic mass is 16.2. The number of urea groups is 1. The molecule has 5 amide bonds. The lowest BCUT2D eigenvalue weighted by Crippen LogP contribution is -2.31. The highest BCUT2D eigenvalue weighted by Gasteiger charge is 2.13. The maximum Gasteiger partial charge on any atom is 0.319 e. The van der Waals surface area contributed by atoms with Crippen LogP contribution in [0.25, 0.3) is 0 Å². The van der Waals surface area contributed by atoms with Crippen molar-refractivity contribution >= 4 is 35.1 Å². The van der Waals surface area contributed by atoms with Crippen molar-refractivity contribution < 1.29 is 19.2 Å². The molecule has 0 aliphatic rings. The van der Waals surface area contributed by atoms with E-state index >= 15 is 0 Å². The Balaban J connectivity index is 1.95. The van der Waals surface area contributed by atoms with Crippen molar-refractivity contribution in [1.82, 2.24) is 15.5 Å². The van der Waals surface area contributed by atoms with Crippen LogP contribution < -0.4 is 27.4 Å². The molecule has 1 aromatic heterocycles. The summed E-state index contributed by atoms with van der Waals surface area (Å²) in [5, 5.41) is 13.6. The first-order valence-corrected chi connectivity index (χ1v) is 7.45. The Morgan fingerprint density at radius 1 is 1.04 bits per heavy atom. The van der Waals surface area contributed by atoms with Crippen LogP contribution in [0.3, 0.4) is 0 Å². The number of rotatable bonds is 7. The lowest BCUT2D eigenvalue weighted by atomic mass is 10.2. The molecule has 0 radical (unpaired) electrons. The molecule has 1 heterocycles. The molecule has 2 aromatic rings. The predicted molar refractivity (Wildman–Crippen MR) is 92.3 cm³/mol. The van der Waals surface area contributed by atoms with Crippen LogP contribution in [0.15, 0.2) is 30.3 Å². The van der Waals surface area contributed by atoms with Gasteiger partial charge in [0.15, 0.2) is 5.69 Å². The lowest BCUT2D eigenvalue weighted by Gasteiger charge is -2.09. The van der Waals surface area contributed by atoms with E-state index in [9.17, 15) is 19.2 Å². The molecule has 0 unspecified atom stereocenters. The number of amides is 5. The minimum atomic E-state index is -0.756. The topological polar surface area (TPSA) is 185 Å². The van der Waals surface area contributed by atoms with E-state index in [2.05, 4.69) is 26.1 Å². The summed E-state index contributed by atoms with van der Waals surface area (Å²) in [6.45, 7) is 0.111. The summed E-state index contributed by atoms with van der Waals surface area (Å²) in [6.07, 6.45) is 0.0288. The molecular formula is C15H17N7O4. The molecule has 0 aliphatic heterocycles. The summed E-state index contributed by atoms with van der Waals surface area (Å²) in [7, 11) is 0. The van der Waals surface area contributed by atoms with Crippen molar-refractivity contribution in [2.24, 2.45) is 11.5 Å². The third-order valence-electron chi connectivity index (χ3n) is 3.11. The zero-order chi connectivity index (χ0) is 19.1. The number of aromatic amines is 1. The molecule has 8 N–H and O–H groups in total. The van der Waals surface area contributed by atoms with Crippen LogP contribution in [0.4, 0.5) is 16.2 Å². The first-order chi connectivity index (χ1) is 12.3. The number of hydrogen-bond donors (Lipinski definition) is 6. The largest absolute Gasteiger partial charge is 0.370 e. The van der Waals surface area contributed by atoms with Gasteiger partial charge in [-0.3, -0.25) is 19.5 Å². The Morgan fingerprint density at radius 2 is 1.73 bits per heavy atom. The zero-order valence-corrected chi connectivity index (χ0v) is 13.5. The fourth-order valence-electron chi connectivity index (χ4n) is 1.91. The van der Waals surface area contributed by atoms with Crippen molar-refractivity contribution in [2.75, 3.05) is 17.2 Å². The number of primary amides is 2. The summed E-state index contributed by atoms with van der Waals surface area (Å²) >= 11 is 0. The van der Waals surface area contributed by atoms with Crippen LogP contribution >= 0.6 is 0 Å². The first-order valence-electron chi connectivity index (χ1n) is 7.45. The SMILES string of the molecule is NC(=O)CCNC(=O)Nc1cccc(NC(=O)c2cc(C(N)=O)n[nH]2)c1. The molecule has 0 spiro atoms. The molecule has 1 aromatic carbocycles. The average molecular weight is 359 g/mol. The van der Waals surface area contributed by atoms with Crippen molar-refractivity contribution in [2.45, 2.75) is 6.42 Å². The normalized spacial score (nSPS) is 10.0. The van der Waals surface area contributed by atoms with Crippen molar-refractivity contribution in [3.05, 3.63) is 41.7 Å². The number of H-pyrrole nitrogens is 1. The van der Waals surface area contributed by atoms with Crippen LogP contribution in [0.5, 0.6) is 0 Å². The number of carbonyl (C=O) groups is 4. The number of anilines is 2. The number of aromatic nitrogens is 2. The van der Waals surface area contributed by atoms with Gasteiger partial charge >= 0.3 is 6.03 Å². The summed E-state index contributed by atoms with van der Waals surface area (Å²) in [6, 6.07) is 7.08. The van der Waals surface area contributed by atoms with E-state index in [1.54, 1.807) is 18.2 Å². The van der Waals surface area contributed by atoms with E-state index in [0.29, 0.717) is 11.4 Å². The lowest BCUT2D eigenvalue weighted by molar-refractivity contribution is -0.117. The van der Waals surface area contributed by atoms with Gasteiger partial charge in [-0.2, -0.15) is 5.10 Å². The van der Waals surface area contributed by atoms with Crippen LogP contribution in [0, 0.1) is 0 Å². The van der Waals surface area contributed by atoms with Gasteiger partial charge in [-0.1, -0.05) is 6.07 Å². The average Bonchev–Trinajstić information content (AvgIpc) is 3.05. The number of nitrogens with two attached hydrogens (primary N) is 2. The van der Waals surface area contributed by atoms with Crippen molar-refractivity contribution in [3.63, 3.8) is 0 Å². The highest BCUT2D eigenvalue weighted by molar-refractivity contribution is 6.04. The number of nitrogens with zero attached hydrogens (tertiary/aromatic N) is 1. The standard InChI is InChI=1S/C15H17N7O4/c16-12(23)4-5-18-15(26)20-9-3-1-2-8(6-9)19-14(25)11-7-10(13(17)24)21-22-11/h1-3,6-7H,4-5H2,(H2,16,23)(H2,17,24)(H,19,25)(H,21,22)(H2,18,20,26). The zero-order valence-electron chi connectivity index (χ0n) is 13.5. The third kappa shape index (κ3) is 5.33. The second-order valence-corrected chi connectivity index (χ2v) is 5.16. The first kappa shape index (κ1) is 18.4. The minimum Gasteiger partial charge on any atom is -0.370 e. The smallest absolute Gasteiger partial charge is 0.319 e. The van der Waals surface area contributed by atoms with Crippen LogP contribution in [0.2, 0.25) is 0 Å². The van der Waals surface area contributed by atoms with Gasteiger partial charge in [0.2, 0.25) is 5.91 Å². The molecule has 26 heavy (non-hydrogen) atoms. The molecule has 0 saturated heterocycles. The number of carbonyl (C=O) groups excluding carboxylic acids is 4. The summed E-state index contributed by atoms with van der Waals surface area (Å²) in [5.41, 5.74) is 10.9. The molecule has 11 nitrogen and oxygen atoms in total. The van der Waals surface area contributed by atoms with Gasteiger partial charge in [0, 0.05) is 30.4 Å². The van der Waals surface area contributed by atoms with Crippen LogP contribution in [-0.2, 0) is 4.79 Å². The Morgan fingerprint density at radius 3 is 2.35 bits per heavy atom. The molecule has 0 saturated carbocycles. The van der Waals surface area contributed by atoms with E-state index in [0.717, 1.165) is 0 Å². The molecule has 136 valence electrons. The monoisotopic (exact) mass is 359 g/mol. The van der Waals surface area contributed by atoms with Gasteiger partial charge < -0.3 is 27.4 Å². The minimum absolute atomic E-state index is 0.0288. The number of nitrogens with one attached hydrogen (secondary N) is 4. The quantitative estimate of drug-likeness (QED) is 0.397. The molecule has 0 atom stereocenters. The molecule has 2 rings (SSSR count). The van der Waals surface area contributed by atoms with Gasteiger partial charge in [0.25, 0.3) is 11.8 Å². The van der Waals surface area contributed by atoms with Crippen LogP contribution in [0.1, 0.15) is 27.4 Å². The molecule has 0 fully saturated rings. The summed E-state index contributed by atoms with van der Waals surface area (Å²) in [5.74, 6) is -1.81. The van der Waals surface area contributed by atoms with E-state index in [4.69, 9.17) is 11.5 Å². The van der Waals surface area contributed by atoms with Gasteiger partial charge in [-0.15, -0.1) is 0 Å². The summed E-state index contributed by atoms with van der Waals surface area (Å²) < 4.78 is 0. The molecule has 0 aliphatic carbocycles. The van der Waals surface area contributed by atoms with Gasteiger partial charge in [0.05, 0.1) is 0 Å². The van der Waals surface area contributed by atoms with E-state index in [-0.39, 0.29) is 24.4 Å². The molecular weight excluding hydrogens is 342 g/mol. The Bertz CT molecular complexity index is 846. The van der Waals surface area contributed by atoms with Gasteiger partial charge in [-0.05, 0) is 18.2 Å². The van der Waals surface area contributed by atoms with Crippen molar-refractivity contribution in [3.8, 4) is 0 Å². The van der Waals surface area contributed by atoms with E-state index in [1.165, 1.54) is 12.1 Å². The van der Waals surface area contributed by atoms with Crippen molar-refractivity contribution in [1.29, 1.82) is 0 Å². The van der Waals surface area contributed by atoms with Gasteiger partial charge in [-0.25, -0.2) is 4.79 Å². The second-order valence-electron chi connectivity index (χ2n) is 5.16. The van der Waals surface area contributed by atoms with E-state index in [1.807, 2.05) is 0 Å². The fourth-order valence-corrected chi connectivity index (χ4v) is 1.91. The molecule has 0 bridgehead atoms. The Kier molecular flexibility index (Phi) is 5.88. The van der Waals surface area contributed by atoms with Crippen LogP contribution in [-0.4, -0.2) is 40.5 Å². The maximum atomic E-state index is 12.1. The fraction of sp³-hybridized carbons (Fsp3) is 0.133. The third-order valence-corrected chi connectivity index (χ3v) is 3.11.